The van der Waals surface area contributed by atoms with Crippen LogP contribution in [0.5, 0.6) is 0 Å². The third kappa shape index (κ3) is 3.30. The highest BCUT2D eigenvalue weighted by atomic mass is 32.1. The Balaban J connectivity index is 1.66. The molecule has 2 aromatic carbocycles. The van der Waals surface area contributed by atoms with E-state index in [2.05, 4.69) is 39.3 Å². The van der Waals surface area contributed by atoms with Crippen LogP contribution in [0.1, 0.15) is 11.1 Å². The summed E-state index contributed by atoms with van der Waals surface area (Å²) in [5.74, 6) is 0.191. The van der Waals surface area contributed by atoms with E-state index >= 15 is 0 Å². The van der Waals surface area contributed by atoms with Crippen molar-refractivity contribution in [2.45, 2.75) is 11.6 Å². The Bertz CT molecular complexity index is 1120. The number of nitrogens with zero attached hydrogens (tertiary/aromatic N) is 7. The van der Waals surface area contributed by atoms with Crippen LogP contribution in [0.3, 0.4) is 0 Å². The molecule has 0 aliphatic carbocycles. The molecule has 9 heteroatoms. The molecular weight excluding hydrogens is 365 g/mol. The van der Waals surface area contributed by atoms with Gasteiger partial charge in [0, 0.05) is 0 Å². The third-order valence-electron chi connectivity index (χ3n) is 4.00. The van der Waals surface area contributed by atoms with E-state index < -0.39 is 0 Å². The Morgan fingerprint density at radius 3 is 2.52 bits per heavy atom. The highest BCUT2D eigenvalue weighted by Gasteiger charge is 2.17. The van der Waals surface area contributed by atoms with Crippen molar-refractivity contribution < 1.29 is 4.39 Å². The summed E-state index contributed by atoms with van der Waals surface area (Å²) in [6.07, 6.45) is 1.62. The molecule has 0 N–H and O–H groups in total. The van der Waals surface area contributed by atoms with Gasteiger partial charge in [-0.1, -0.05) is 12.1 Å². The fourth-order valence-electron chi connectivity index (χ4n) is 2.63. The molecule has 27 heavy (non-hydrogen) atoms. The number of halogens is 1. The monoisotopic (exact) mass is 377 g/mol. The molecule has 0 atom stereocenters. The Labute approximate surface area is 159 Å². The highest BCUT2D eigenvalue weighted by Crippen LogP contribution is 2.27. The first-order valence-electron chi connectivity index (χ1n) is 7.94. The summed E-state index contributed by atoms with van der Waals surface area (Å²) in [6, 6.07) is 15.2. The van der Waals surface area contributed by atoms with Crippen LogP contribution in [0.2, 0.25) is 0 Å². The van der Waals surface area contributed by atoms with Crippen molar-refractivity contribution >= 4 is 12.6 Å². The molecule has 0 aliphatic heterocycles. The second-order valence-electron chi connectivity index (χ2n) is 5.74. The van der Waals surface area contributed by atoms with E-state index in [9.17, 15) is 4.39 Å². The number of hydrogen-bond acceptors (Lipinski definition) is 6. The zero-order chi connectivity index (χ0) is 18.8. The average molecular weight is 377 g/mol. The fraction of sp³-hybridized carbons (Fsp3) is 0.0556. The van der Waals surface area contributed by atoms with Gasteiger partial charge >= 0.3 is 0 Å². The van der Waals surface area contributed by atoms with Gasteiger partial charge in [-0.3, -0.25) is 0 Å². The van der Waals surface area contributed by atoms with E-state index in [4.69, 9.17) is 5.26 Å². The van der Waals surface area contributed by atoms with Crippen LogP contribution in [-0.2, 0) is 6.54 Å². The van der Waals surface area contributed by atoms with Gasteiger partial charge in [0.05, 0.1) is 35.6 Å². The van der Waals surface area contributed by atoms with Crippen LogP contribution in [0, 0.1) is 17.1 Å². The van der Waals surface area contributed by atoms with Crippen molar-refractivity contribution in [3.05, 3.63) is 71.7 Å². The molecule has 0 bridgehead atoms. The molecule has 132 valence electrons. The highest BCUT2D eigenvalue weighted by molar-refractivity contribution is 7.80. The third-order valence-corrected chi connectivity index (χ3v) is 4.43. The van der Waals surface area contributed by atoms with Crippen molar-refractivity contribution in [2.75, 3.05) is 0 Å². The van der Waals surface area contributed by atoms with E-state index in [-0.39, 0.29) is 5.82 Å². The molecule has 4 aromatic rings. The predicted octanol–water partition coefficient (Wildman–Crippen LogP) is 2.87. The minimum atomic E-state index is -0.321. The average Bonchev–Trinajstić information content (AvgIpc) is 3.29. The van der Waals surface area contributed by atoms with Crippen molar-refractivity contribution in [3.8, 4) is 23.1 Å². The number of aromatic nitrogens is 6. The lowest BCUT2D eigenvalue weighted by Crippen LogP contribution is -2.04. The number of tetrazole rings is 1. The topological polar surface area (TPSA) is 85.2 Å². The van der Waals surface area contributed by atoms with Crippen LogP contribution in [-0.4, -0.2) is 30.0 Å². The number of hydrogen-bond donors (Lipinski definition) is 1. The van der Waals surface area contributed by atoms with E-state index in [1.807, 2.05) is 12.1 Å². The standard InChI is InChI=1S/C18H12FN7S/c19-14-5-7-15(8-6-14)26-18(27)16(10-21-26)17-22-23-24-25(17)11-13-3-1-12(9-20)2-4-13/h1-8,10,27H,11H2. The largest absolute Gasteiger partial charge is 0.227 e. The summed E-state index contributed by atoms with van der Waals surface area (Å²) >= 11 is 4.55. The fourth-order valence-corrected chi connectivity index (χ4v) is 2.96. The minimum absolute atomic E-state index is 0.321. The lowest BCUT2D eigenvalue weighted by atomic mass is 10.1. The van der Waals surface area contributed by atoms with Crippen molar-refractivity contribution in [1.29, 1.82) is 5.26 Å². The smallest absolute Gasteiger partial charge is 0.186 e. The Morgan fingerprint density at radius 2 is 1.81 bits per heavy atom. The SMILES string of the molecule is N#Cc1ccc(Cn2nnnc2-c2cnn(-c3ccc(F)cc3)c2S)cc1. The summed E-state index contributed by atoms with van der Waals surface area (Å²) in [6.45, 7) is 0.434. The Hall–Kier alpha value is -3.51. The van der Waals surface area contributed by atoms with Gasteiger partial charge in [-0.2, -0.15) is 10.4 Å². The molecule has 4 rings (SSSR count). The number of rotatable bonds is 4. The molecular formula is C18H12FN7S. The normalized spacial score (nSPS) is 10.7. The van der Waals surface area contributed by atoms with Gasteiger partial charge in [-0.15, -0.1) is 17.7 Å². The van der Waals surface area contributed by atoms with Crippen LogP contribution in [0.4, 0.5) is 4.39 Å². The summed E-state index contributed by atoms with van der Waals surface area (Å²) in [5, 5.41) is 25.6. The number of nitriles is 1. The maximum atomic E-state index is 13.1. The van der Waals surface area contributed by atoms with Crippen molar-refractivity contribution in [2.24, 2.45) is 0 Å². The van der Waals surface area contributed by atoms with Gasteiger partial charge in [0.2, 0.25) is 0 Å². The number of benzene rings is 2. The first-order chi connectivity index (χ1) is 13.2. The Kier molecular flexibility index (Phi) is 4.40. The van der Waals surface area contributed by atoms with Gasteiger partial charge in [0.15, 0.2) is 5.82 Å². The maximum Gasteiger partial charge on any atom is 0.186 e. The zero-order valence-corrected chi connectivity index (χ0v) is 14.8. The molecule has 0 fully saturated rings. The molecule has 2 aromatic heterocycles. The first-order valence-corrected chi connectivity index (χ1v) is 8.39. The second-order valence-corrected chi connectivity index (χ2v) is 6.16. The van der Waals surface area contributed by atoms with E-state index in [1.54, 1.807) is 39.8 Å². The number of thiol groups is 1. The molecule has 0 saturated heterocycles. The first kappa shape index (κ1) is 16.9. The van der Waals surface area contributed by atoms with E-state index in [0.717, 1.165) is 5.56 Å². The minimum Gasteiger partial charge on any atom is -0.227 e. The van der Waals surface area contributed by atoms with Crippen molar-refractivity contribution in [3.63, 3.8) is 0 Å². The van der Waals surface area contributed by atoms with Gasteiger partial charge in [-0.25, -0.2) is 13.8 Å². The molecule has 0 spiro atoms. The van der Waals surface area contributed by atoms with Gasteiger partial charge in [-0.05, 0) is 52.4 Å². The molecule has 0 amide bonds. The van der Waals surface area contributed by atoms with Gasteiger partial charge < -0.3 is 0 Å². The van der Waals surface area contributed by atoms with Crippen LogP contribution in [0.15, 0.2) is 59.8 Å². The van der Waals surface area contributed by atoms with Crippen LogP contribution < -0.4 is 0 Å². The molecule has 0 unspecified atom stereocenters. The summed E-state index contributed by atoms with van der Waals surface area (Å²) in [5.41, 5.74) is 2.88. The summed E-state index contributed by atoms with van der Waals surface area (Å²) < 4.78 is 16.4. The summed E-state index contributed by atoms with van der Waals surface area (Å²) in [4.78, 5) is 0. The predicted molar refractivity (Wildman–Crippen MR) is 97.8 cm³/mol. The molecule has 7 nitrogen and oxygen atoms in total. The zero-order valence-electron chi connectivity index (χ0n) is 13.9. The molecule has 0 radical (unpaired) electrons. The lowest BCUT2D eigenvalue weighted by molar-refractivity contribution is 0.626. The summed E-state index contributed by atoms with van der Waals surface area (Å²) in [7, 11) is 0. The van der Waals surface area contributed by atoms with Crippen LogP contribution >= 0.6 is 12.6 Å². The van der Waals surface area contributed by atoms with E-state index in [0.29, 0.717) is 34.2 Å². The quantitative estimate of drug-likeness (QED) is 0.553. The van der Waals surface area contributed by atoms with E-state index in [1.165, 1.54) is 12.1 Å². The molecule has 0 aliphatic rings. The van der Waals surface area contributed by atoms with Gasteiger partial charge in [0.25, 0.3) is 0 Å². The van der Waals surface area contributed by atoms with Crippen LogP contribution in [0.25, 0.3) is 17.1 Å². The maximum absolute atomic E-state index is 13.1. The lowest BCUT2D eigenvalue weighted by Gasteiger charge is -2.06. The van der Waals surface area contributed by atoms with Crippen molar-refractivity contribution in [1.82, 2.24) is 30.0 Å². The molecule has 0 saturated carbocycles. The van der Waals surface area contributed by atoms with Gasteiger partial charge in [0.1, 0.15) is 10.8 Å². The second kappa shape index (κ2) is 7.01. The molecule has 2 heterocycles. The Morgan fingerprint density at radius 1 is 1.07 bits per heavy atom.